The molecule has 136 valence electrons. The van der Waals surface area contributed by atoms with Gasteiger partial charge in [-0.1, -0.05) is 25.1 Å². The third-order valence-corrected chi connectivity index (χ3v) is 4.80. The van der Waals surface area contributed by atoms with Gasteiger partial charge in [-0.3, -0.25) is 24.5 Å². The zero-order chi connectivity index (χ0) is 19.0. The number of aromatic nitrogens is 5. The molecule has 0 amide bonds. The number of hydrogen-bond acceptors (Lipinski definition) is 5. The Kier molecular flexibility index (Phi) is 4.73. The first-order valence-electron chi connectivity index (χ1n) is 8.32. The monoisotopic (exact) mass is 372 g/mol. The van der Waals surface area contributed by atoms with E-state index in [1.165, 1.54) is 0 Å². The van der Waals surface area contributed by atoms with Crippen LogP contribution in [0.2, 0.25) is 0 Å². The first kappa shape index (κ1) is 18.0. The summed E-state index contributed by atoms with van der Waals surface area (Å²) < 4.78 is 3.98. The van der Waals surface area contributed by atoms with Gasteiger partial charge in [0.15, 0.2) is 10.6 Å². The van der Waals surface area contributed by atoms with Gasteiger partial charge >= 0.3 is 5.69 Å². The molecule has 3 aromatic rings. The number of aromatic amines is 1. The van der Waals surface area contributed by atoms with Crippen LogP contribution < -0.4 is 0 Å². The van der Waals surface area contributed by atoms with Crippen molar-refractivity contribution in [3.05, 3.63) is 61.9 Å². The highest BCUT2D eigenvalue weighted by Gasteiger charge is 2.27. The summed E-state index contributed by atoms with van der Waals surface area (Å²) in [6, 6.07) is 7.64. The fourth-order valence-corrected chi connectivity index (χ4v) is 3.49. The summed E-state index contributed by atoms with van der Waals surface area (Å²) in [5.41, 5.74) is 2.99. The van der Waals surface area contributed by atoms with E-state index in [0.29, 0.717) is 22.0 Å². The summed E-state index contributed by atoms with van der Waals surface area (Å²) in [7, 11) is 0. The van der Waals surface area contributed by atoms with Crippen LogP contribution in [0.1, 0.15) is 42.7 Å². The Morgan fingerprint density at radius 1 is 1.35 bits per heavy atom. The fraction of sp³-hybridized carbons (Fsp3) is 0.353. The van der Waals surface area contributed by atoms with E-state index < -0.39 is 4.92 Å². The third kappa shape index (κ3) is 2.84. The molecule has 0 radical (unpaired) electrons. The predicted molar refractivity (Wildman–Crippen MR) is 100 cm³/mol. The number of para-hydroxylation sites is 1. The number of rotatable bonds is 5. The SMILES string of the molecule is CCc1ccccc1-n1c([C@H](C)n2nc(C)c([N+](=O)[O-])c2C)n[nH]c1=S. The molecule has 1 aromatic carbocycles. The van der Waals surface area contributed by atoms with Crippen molar-refractivity contribution in [2.75, 3.05) is 0 Å². The molecule has 2 heterocycles. The van der Waals surface area contributed by atoms with Crippen molar-refractivity contribution in [1.29, 1.82) is 0 Å². The second kappa shape index (κ2) is 6.83. The molecule has 9 heteroatoms. The molecule has 0 aliphatic heterocycles. The first-order chi connectivity index (χ1) is 12.4. The zero-order valence-electron chi connectivity index (χ0n) is 15.1. The topological polar surface area (TPSA) is 94.6 Å². The van der Waals surface area contributed by atoms with Gasteiger partial charge in [0.2, 0.25) is 0 Å². The van der Waals surface area contributed by atoms with Gasteiger partial charge in [0, 0.05) is 0 Å². The van der Waals surface area contributed by atoms with E-state index in [1.54, 1.807) is 18.5 Å². The fourth-order valence-electron chi connectivity index (χ4n) is 3.26. The summed E-state index contributed by atoms with van der Waals surface area (Å²) in [6.07, 6.45) is 0.850. The van der Waals surface area contributed by atoms with E-state index in [1.807, 2.05) is 35.8 Å². The lowest BCUT2D eigenvalue weighted by molar-refractivity contribution is -0.386. The quantitative estimate of drug-likeness (QED) is 0.417. The normalized spacial score (nSPS) is 12.3. The summed E-state index contributed by atoms with van der Waals surface area (Å²) in [4.78, 5) is 10.9. The number of benzene rings is 1. The van der Waals surface area contributed by atoms with Crippen LogP contribution in [0.5, 0.6) is 0 Å². The second-order valence-corrected chi connectivity index (χ2v) is 6.49. The summed E-state index contributed by atoms with van der Waals surface area (Å²) >= 11 is 5.44. The lowest BCUT2D eigenvalue weighted by Gasteiger charge is -2.16. The highest BCUT2D eigenvalue weighted by molar-refractivity contribution is 7.71. The molecular weight excluding hydrogens is 352 g/mol. The first-order valence-corrected chi connectivity index (χ1v) is 8.73. The highest BCUT2D eigenvalue weighted by atomic mass is 32.1. The second-order valence-electron chi connectivity index (χ2n) is 6.10. The molecule has 8 nitrogen and oxygen atoms in total. The smallest absolute Gasteiger partial charge is 0.270 e. The van der Waals surface area contributed by atoms with Crippen LogP contribution in [0, 0.1) is 28.7 Å². The van der Waals surface area contributed by atoms with Gasteiger partial charge in [0.25, 0.3) is 0 Å². The minimum absolute atomic E-state index is 0.0338. The van der Waals surface area contributed by atoms with Crippen LogP contribution in [-0.4, -0.2) is 29.5 Å². The van der Waals surface area contributed by atoms with E-state index in [2.05, 4.69) is 22.2 Å². The van der Waals surface area contributed by atoms with Gasteiger partial charge < -0.3 is 0 Å². The van der Waals surface area contributed by atoms with Gasteiger partial charge in [-0.2, -0.15) is 10.2 Å². The molecule has 0 spiro atoms. The highest BCUT2D eigenvalue weighted by Crippen LogP contribution is 2.28. The van der Waals surface area contributed by atoms with Crippen molar-refractivity contribution in [1.82, 2.24) is 24.5 Å². The lowest BCUT2D eigenvalue weighted by atomic mass is 10.1. The Bertz CT molecular complexity index is 1030. The average Bonchev–Trinajstić information content (AvgIpc) is 3.13. The van der Waals surface area contributed by atoms with Crippen molar-refractivity contribution in [3.63, 3.8) is 0 Å². The maximum Gasteiger partial charge on any atom is 0.312 e. The number of nitrogens with zero attached hydrogens (tertiary/aromatic N) is 5. The summed E-state index contributed by atoms with van der Waals surface area (Å²) in [5.74, 6) is 0.649. The number of aryl methyl sites for hydroxylation is 2. The molecule has 26 heavy (non-hydrogen) atoms. The van der Waals surface area contributed by atoms with Crippen molar-refractivity contribution >= 4 is 17.9 Å². The Balaban J connectivity index is 2.17. The maximum atomic E-state index is 11.3. The lowest BCUT2D eigenvalue weighted by Crippen LogP contribution is -2.16. The van der Waals surface area contributed by atoms with E-state index in [9.17, 15) is 10.1 Å². The molecule has 2 aromatic heterocycles. The Morgan fingerprint density at radius 3 is 2.65 bits per heavy atom. The van der Waals surface area contributed by atoms with Gasteiger partial charge in [0.1, 0.15) is 17.4 Å². The van der Waals surface area contributed by atoms with Gasteiger partial charge in [-0.25, -0.2) is 0 Å². The van der Waals surface area contributed by atoms with Gasteiger partial charge in [-0.05, 0) is 51.0 Å². The van der Waals surface area contributed by atoms with E-state index in [0.717, 1.165) is 17.7 Å². The molecule has 0 unspecified atom stereocenters. The Morgan fingerprint density at radius 2 is 2.04 bits per heavy atom. The van der Waals surface area contributed by atoms with Crippen LogP contribution >= 0.6 is 12.2 Å². The van der Waals surface area contributed by atoms with Gasteiger partial charge in [-0.15, -0.1) is 0 Å². The Labute approximate surface area is 155 Å². The maximum absolute atomic E-state index is 11.3. The molecular formula is C17H20N6O2S. The van der Waals surface area contributed by atoms with E-state index >= 15 is 0 Å². The summed E-state index contributed by atoms with van der Waals surface area (Å²) in [5, 5.41) is 22.9. The minimum atomic E-state index is -0.398. The molecule has 0 aliphatic rings. The van der Waals surface area contributed by atoms with Crippen LogP contribution in [0.15, 0.2) is 24.3 Å². The molecule has 0 aliphatic carbocycles. The van der Waals surface area contributed by atoms with Gasteiger partial charge in [0.05, 0.1) is 10.6 Å². The number of H-pyrrole nitrogens is 1. The van der Waals surface area contributed by atoms with Crippen molar-refractivity contribution in [2.45, 2.75) is 40.2 Å². The number of nitro groups is 1. The number of hydrogen-bond donors (Lipinski definition) is 1. The standard InChI is InChI=1S/C17H20N6O2S/c1-5-13-8-6-7-9-14(13)21-16(18-19-17(21)26)12(4)22-11(3)15(23(24)25)10(2)20-22/h6-9,12H,5H2,1-4H3,(H,19,26)/t12-/m0/s1. The van der Waals surface area contributed by atoms with E-state index in [-0.39, 0.29) is 11.7 Å². The molecule has 1 N–H and O–H groups in total. The van der Waals surface area contributed by atoms with Crippen LogP contribution in [0.3, 0.4) is 0 Å². The van der Waals surface area contributed by atoms with Crippen LogP contribution in [0.25, 0.3) is 5.69 Å². The zero-order valence-corrected chi connectivity index (χ0v) is 15.9. The van der Waals surface area contributed by atoms with Crippen LogP contribution in [-0.2, 0) is 6.42 Å². The molecule has 0 saturated heterocycles. The summed E-state index contributed by atoms with van der Waals surface area (Å²) in [6.45, 7) is 7.31. The number of nitrogens with one attached hydrogen (secondary N) is 1. The minimum Gasteiger partial charge on any atom is -0.270 e. The largest absolute Gasteiger partial charge is 0.312 e. The Hall–Kier alpha value is -2.81. The molecule has 0 saturated carbocycles. The average molecular weight is 372 g/mol. The van der Waals surface area contributed by atoms with Crippen LogP contribution in [0.4, 0.5) is 5.69 Å². The molecule has 1 atom stereocenters. The van der Waals surface area contributed by atoms with Crippen molar-refractivity contribution < 1.29 is 4.92 Å². The predicted octanol–water partition coefficient (Wildman–Crippen LogP) is 3.82. The van der Waals surface area contributed by atoms with Crippen molar-refractivity contribution in [3.8, 4) is 5.69 Å². The molecule has 0 bridgehead atoms. The van der Waals surface area contributed by atoms with E-state index in [4.69, 9.17) is 12.2 Å². The third-order valence-electron chi connectivity index (χ3n) is 4.52. The van der Waals surface area contributed by atoms with Crippen molar-refractivity contribution in [2.24, 2.45) is 0 Å². The molecule has 0 fully saturated rings. The molecule has 3 rings (SSSR count).